The number of hydrogen-bond acceptors (Lipinski definition) is 2. The average molecular weight is 325 g/mol. The molecular formula is C22H31NO. The Kier molecular flexibility index (Phi) is 6.72. The highest BCUT2D eigenvalue weighted by Crippen LogP contribution is 2.24. The fourth-order valence-corrected chi connectivity index (χ4v) is 2.68. The number of rotatable bonds is 8. The zero-order valence-corrected chi connectivity index (χ0v) is 15.6. The van der Waals surface area contributed by atoms with Crippen LogP contribution in [-0.4, -0.2) is 19.7 Å². The lowest BCUT2D eigenvalue weighted by Crippen LogP contribution is -2.29. The topological polar surface area (TPSA) is 12.5 Å². The predicted molar refractivity (Wildman–Crippen MR) is 104 cm³/mol. The molecule has 0 amide bonds. The SMILES string of the molecule is CCCCN(CCOc1ccc(C(C)(C)C)cc1)c1ccccc1. The summed E-state index contributed by atoms with van der Waals surface area (Å²) in [6.07, 6.45) is 2.41. The van der Waals surface area contributed by atoms with Crippen LogP contribution in [0.15, 0.2) is 54.6 Å². The van der Waals surface area contributed by atoms with Crippen LogP contribution in [-0.2, 0) is 5.41 Å². The molecule has 0 bridgehead atoms. The minimum absolute atomic E-state index is 0.183. The van der Waals surface area contributed by atoms with Gasteiger partial charge in [0.05, 0.1) is 6.54 Å². The third-order valence-electron chi connectivity index (χ3n) is 4.25. The van der Waals surface area contributed by atoms with Crippen LogP contribution in [0.5, 0.6) is 5.75 Å². The number of nitrogens with zero attached hydrogens (tertiary/aromatic N) is 1. The van der Waals surface area contributed by atoms with Crippen LogP contribution < -0.4 is 9.64 Å². The Morgan fingerprint density at radius 3 is 2.12 bits per heavy atom. The molecule has 0 saturated carbocycles. The molecule has 0 fully saturated rings. The van der Waals surface area contributed by atoms with E-state index in [4.69, 9.17) is 4.74 Å². The minimum atomic E-state index is 0.183. The summed E-state index contributed by atoms with van der Waals surface area (Å²) in [4.78, 5) is 2.41. The predicted octanol–water partition coefficient (Wildman–Crippen LogP) is 5.67. The zero-order valence-electron chi connectivity index (χ0n) is 15.6. The summed E-state index contributed by atoms with van der Waals surface area (Å²) in [6, 6.07) is 19.1. The molecule has 2 rings (SSSR count). The maximum Gasteiger partial charge on any atom is 0.119 e. The van der Waals surface area contributed by atoms with E-state index in [0.717, 1.165) is 18.8 Å². The fourth-order valence-electron chi connectivity index (χ4n) is 2.68. The van der Waals surface area contributed by atoms with Crippen molar-refractivity contribution in [3.63, 3.8) is 0 Å². The summed E-state index contributed by atoms with van der Waals surface area (Å²) < 4.78 is 5.96. The molecule has 0 aliphatic heterocycles. The second kappa shape index (κ2) is 8.77. The van der Waals surface area contributed by atoms with Crippen molar-refractivity contribution < 1.29 is 4.74 Å². The van der Waals surface area contributed by atoms with Gasteiger partial charge in [-0.2, -0.15) is 0 Å². The molecule has 130 valence electrons. The van der Waals surface area contributed by atoms with E-state index in [1.807, 2.05) is 0 Å². The Morgan fingerprint density at radius 1 is 0.875 bits per heavy atom. The van der Waals surface area contributed by atoms with Gasteiger partial charge in [0.25, 0.3) is 0 Å². The van der Waals surface area contributed by atoms with Gasteiger partial charge in [0.2, 0.25) is 0 Å². The molecule has 2 aromatic rings. The van der Waals surface area contributed by atoms with Gasteiger partial charge in [-0.1, -0.05) is 64.4 Å². The molecule has 0 radical (unpaired) electrons. The number of unbranched alkanes of at least 4 members (excludes halogenated alkanes) is 1. The quantitative estimate of drug-likeness (QED) is 0.620. The first-order chi connectivity index (χ1) is 11.5. The van der Waals surface area contributed by atoms with Gasteiger partial charge in [0, 0.05) is 12.2 Å². The third kappa shape index (κ3) is 5.59. The summed E-state index contributed by atoms with van der Waals surface area (Å²) in [5, 5.41) is 0. The van der Waals surface area contributed by atoms with E-state index in [1.165, 1.54) is 24.1 Å². The minimum Gasteiger partial charge on any atom is -0.492 e. The summed E-state index contributed by atoms with van der Waals surface area (Å²) in [6.45, 7) is 11.6. The van der Waals surface area contributed by atoms with Crippen LogP contribution in [0.3, 0.4) is 0 Å². The highest BCUT2D eigenvalue weighted by Gasteiger charge is 2.13. The van der Waals surface area contributed by atoms with E-state index in [2.05, 4.69) is 87.2 Å². The molecule has 24 heavy (non-hydrogen) atoms. The molecule has 0 heterocycles. The summed E-state index contributed by atoms with van der Waals surface area (Å²) >= 11 is 0. The molecule has 0 aliphatic rings. The van der Waals surface area contributed by atoms with Gasteiger partial charge in [-0.25, -0.2) is 0 Å². The van der Waals surface area contributed by atoms with Crippen molar-refractivity contribution in [3.05, 3.63) is 60.2 Å². The highest BCUT2D eigenvalue weighted by atomic mass is 16.5. The number of hydrogen-bond donors (Lipinski definition) is 0. The normalized spacial score (nSPS) is 11.3. The molecule has 0 unspecified atom stereocenters. The van der Waals surface area contributed by atoms with E-state index in [0.29, 0.717) is 6.61 Å². The molecular weight excluding hydrogens is 294 g/mol. The standard InChI is InChI=1S/C22H31NO/c1-5-6-16-23(20-10-8-7-9-11-20)17-18-24-21-14-12-19(13-15-21)22(2,3)4/h7-15H,5-6,16-18H2,1-4H3. The van der Waals surface area contributed by atoms with Crippen molar-refractivity contribution >= 4 is 5.69 Å². The second-order valence-corrected chi connectivity index (χ2v) is 7.30. The van der Waals surface area contributed by atoms with Crippen molar-refractivity contribution in [1.82, 2.24) is 0 Å². The molecule has 0 aromatic heterocycles. The third-order valence-corrected chi connectivity index (χ3v) is 4.25. The first kappa shape index (κ1) is 18.4. The molecule has 0 atom stereocenters. The molecule has 2 heteroatoms. The van der Waals surface area contributed by atoms with Gasteiger partial charge in [-0.05, 0) is 41.7 Å². The second-order valence-electron chi connectivity index (χ2n) is 7.30. The summed E-state index contributed by atoms with van der Waals surface area (Å²) in [5.74, 6) is 0.950. The average Bonchev–Trinajstić information content (AvgIpc) is 2.58. The van der Waals surface area contributed by atoms with Crippen LogP contribution in [0.25, 0.3) is 0 Å². The van der Waals surface area contributed by atoms with Crippen LogP contribution in [0, 0.1) is 0 Å². The smallest absolute Gasteiger partial charge is 0.119 e. The lowest BCUT2D eigenvalue weighted by Gasteiger charge is -2.25. The van der Waals surface area contributed by atoms with Gasteiger partial charge in [0.1, 0.15) is 12.4 Å². The van der Waals surface area contributed by atoms with E-state index in [1.54, 1.807) is 0 Å². The molecule has 0 saturated heterocycles. The maximum absolute atomic E-state index is 5.96. The monoisotopic (exact) mass is 325 g/mol. The Morgan fingerprint density at radius 2 is 1.54 bits per heavy atom. The Bertz CT molecular complexity index is 584. The first-order valence-electron chi connectivity index (χ1n) is 9.04. The van der Waals surface area contributed by atoms with Gasteiger partial charge < -0.3 is 9.64 Å². The van der Waals surface area contributed by atoms with Crippen molar-refractivity contribution in [2.24, 2.45) is 0 Å². The first-order valence-corrected chi connectivity index (χ1v) is 9.04. The fraction of sp³-hybridized carbons (Fsp3) is 0.455. The van der Waals surface area contributed by atoms with Crippen molar-refractivity contribution in [1.29, 1.82) is 0 Å². The zero-order chi connectivity index (χ0) is 17.4. The van der Waals surface area contributed by atoms with Crippen LogP contribution in [0.4, 0.5) is 5.69 Å². The van der Waals surface area contributed by atoms with E-state index < -0.39 is 0 Å². The molecule has 0 spiro atoms. The molecule has 2 aromatic carbocycles. The van der Waals surface area contributed by atoms with Gasteiger partial charge >= 0.3 is 0 Å². The lowest BCUT2D eigenvalue weighted by atomic mass is 9.87. The van der Waals surface area contributed by atoms with Crippen LogP contribution in [0.2, 0.25) is 0 Å². The summed E-state index contributed by atoms with van der Waals surface area (Å²) in [7, 11) is 0. The molecule has 0 N–H and O–H groups in total. The van der Waals surface area contributed by atoms with Gasteiger partial charge in [0.15, 0.2) is 0 Å². The van der Waals surface area contributed by atoms with Gasteiger partial charge in [-0.15, -0.1) is 0 Å². The van der Waals surface area contributed by atoms with E-state index in [9.17, 15) is 0 Å². The Hall–Kier alpha value is -1.96. The number of para-hydroxylation sites is 1. The molecule has 0 aliphatic carbocycles. The number of anilines is 1. The Labute approximate surface area is 147 Å². The van der Waals surface area contributed by atoms with Crippen molar-refractivity contribution in [3.8, 4) is 5.75 Å². The van der Waals surface area contributed by atoms with Crippen molar-refractivity contribution in [2.75, 3.05) is 24.6 Å². The highest BCUT2D eigenvalue weighted by molar-refractivity contribution is 5.45. The van der Waals surface area contributed by atoms with Crippen LogP contribution in [0.1, 0.15) is 46.1 Å². The lowest BCUT2D eigenvalue weighted by molar-refractivity contribution is 0.323. The van der Waals surface area contributed by atoms with Gasteiger partial charge in [-0.3, -0.25) is 0 Å². The van der Waals surface area contributed by atoms with E-state index in [-0.39, 0.29) is 5.41 Å². The molecule has 2 nitrogen and oxygen atoms in total. The maximum atomic E-state index is 5.96. The summed E-state index contributed by atoms with van der Waals surface area (Å²) in [5.41, 5.74) is 2.80. The van der Waals surface area contributed by atoms with Crippen LogP contribution >= 0.6 is 0 Å². The Balaban J connectivity index is 1.90. The largest absolute Gasteiger partial charge is 0.492 e. The number of ether oxygens (including phenoxy) is 1. The number of benzene rings is 2. The van der Waals surface area contributed by atoms with Crippen molar-refractivity contribution in [2.45, 2.75) is 46.0 Å². The van der Waals surface area contributed by atoms with E-state index >= 15 is 0 Å².